The Kier molecular flexibility index (Phi) is 4.94. The second-order valence-electron chi connectivity index (χ2n) is 6.66. The van der Waals surface area contributed by atoms with Gasteiger partial charge in [0, 0.05) is 37.3 Å². The number of likely N-dealkylation sites (tertiary alicyclic amines) is 1. The van der Waals surface area contributed by atoms with Crippen LogP contribution >= 0.6 is 0 Å². The van der Waals surface area contributed by atoms with E-state index in [0.717, 1.165) is 24.9 Å². The second kappa shape index (κ2) is 6.82. The van der Waals surface area contributed by atoms with E-state index in [2.05, 4.69) is 10.0 Å². The molecule has 0 spiro atoms. The van der Waals surface area contributed by atoms with E-state index in [1.54, 1.807) is 19.1 Å². The minimum absolute atomic E-state index is 0.0737. The van der Waals surface area contributed by atoms with Gasteiger partial charge in [-0.3, -0.25) is 4.79 Å². The predicted molar refractivity (Wildman–Crippen MR) is 92.5 cm³/mol. The number of aryl methyl sites for hydroxylation is 1. The molecule has 2 atom stereocenters. The summed E-state index contributed by atoms with van der Waals surface area (Å²) < 4.78 is 26.9. The van der Waals surface area contributed by atoms with E-state index in [0.29, 0.717) is 30.7 Å². The van der Waals surface area contributed by atoms with Gasteiger partial charge >= 0.3 is 0 Å². The zero-order valence-electron chi connectivity index (χ0n) is 14.2. The summed E-state index contributed by atoms with van der Waals surface area (Å²) >= 11 is 0. The van der Waals surface area contributed by atoms with Crippen LogP contribution in [0.4, 0.5) is 0 Å². The molecule has 2 saturated heterocycles. The van der Waals surface area contributed by atoms with E-state index in [1.165, 1.54) is 12.5 Å². The maximum Gasteiger partial charge on any atom is 0.254 e. The van der Waals surface area contributed by atoms with Crippen LogP contribution in [0.5, 0.6) is 0 Å². The third-order valence-electron chi connectivity index (χ3n) is 4.89. The molecule has 6 nitrogen and oxygen atoms in total. The van der Waals surface area contributed by atoms with Gasteiger partial charge in [0.05, 0.1) is 4.90 Å². The highest BCUT2D eigenvalue weighted by Crippen LogP contribution is 2.23. The van der Waals surface area contributed by atoms with Crippen molar-refractivity contribution in [2.24, 2.45) is 0 Å². The van der Waals surface area contributed by atoms with Crippen molar-refractivity contribution >= 4 is 15.9 Å². The fraction of sp³-hybridized carbons (Fsp3) is 0.588. The Balaban J connectivity index is 1.86. The molecular weight excluding hydrogens is 326 g/mol. The molecule has 0 saturated carbocycles. The monoisotopic (exact) mass is 351 g/mol. The lowest BCUT2D eigenvalue weighted by atomic mass is 10.0. The van der Waals surface area contributed by atoms with Gasteiger partial charge in [-0.2, -0.15) is 0 Å². The lowest BCUT2D eigenvalue weighted by molar-refractivity contribution is 0.0747. The molecule has 3 rings (SSSR count). The summed E-state index contributed by atoms with van der Waals surface area (Å²) in [6.45, 7) is 5.31. The SMILES string of the molecule is CCNS(=O)(=O)c1ccc(C)c(C(=O)N2CCC3CCC(C2)N3)c1. The Bertz CT molecular complexity index is 733. The molecule has 2 aliphatic rings. The summed E-state index contributed by atoms with van der Waals surface area (Å²) in [7, 11) is -3.56. The Morgan fingerprint density at radius 3 is 2.79 bits per heavy atom. The van der Waals surface area contributed by atoms with Crippen LogP contribution in [0, 0.1) is 6.92 Å². The minimum atomic E-state index is -3.56. The number of nitrogens with zero attached hydrogens (tertiary/aromatic N) is 1. The first-order valence-corrected chi connectivity index (χ1v) is 10.0. The van der Waals surface area contributed by atoms with Crippen LogP contribution in [0.25, 0.3) is 0 Å². The Labute approximate surface area is 143 Å². The molecule has 1 aromatic carbocycles. The summed E-state index contributed by atoms with van der Waals surface area (Å²) in [4.78, 5) is 15.0. The number of sulfonamides is 1. The van der Waals surface area contributed by atoms with E-state index in [4.69, 9.17) is 0 Å². The standard InChI is InChI=1S/C17H25N3O3S/c1-3-18-24(22,23)15-7-4-12(2)16(10-15)17(21)20-9-8-13-5-6-14(11-20)19-13/h4,7,10,13-14,18-19H,3,5-6,8-9,11H2,1-2H3. The van der Waals surface area contributed by atoms with E-state index in [-0.39, 0.29) is 10.8 Å². The number of hydrogen-bond acceptors (Lipinski definition) is 4. The molecule has 0 aromatic heterocycles. The average molecular weight is 351 g/mol. The number of amides is 1. The number of hydrogen-bond donors (Lipinski definition) is 2. The lowest BCUT2D eigenvalue weighted by Crippen LogP contribution is -2.39. The number of carbonyl (C=O) groups is 1. The van der Waals surface area contributed by atoms with E-state index in [9.17, 15) is 13.2 Å². The van der Waals surface area contributed by atoms with Gasteiger partial charge in [-0.25, -0.2) is 13.1 Å². The summed E-state index contributed by atoms with van der Waals surface area (Å²) in [5.41, 5.74) is 1.28. The highest BCUT2D eigenvalue weighted by Gasteiger charge is 2.32. The average Bonchev–Trinajstić information content (AvgIpc) is 2.86. The fourth-order valence-corrected chi connectivity index (χ4v) is 4.64. The van der Waals surface area contributed by atoms with E-state index < -0.39 is 10.0 Å². The molecule has 0 aliphatic carbocycles. The lowest BCUT2D eigenvalue weighted by Gasteiger charge is -2.25. The van der Waals surface area contributed by atoms with Gasteiger partial charge in [0.15, 0.2) is 0 Å². The first-order chi connectivity index (χ1) is 11.4. The van der Waals surface area contributed by atoms with Crippen molar-refractivity contribution in [1.82, 2.24) is 14.9 Å². The Morgan fingerprint density at radius 1 is 1.29 bits per heavy atom. The number of benzene rings is 1. The van der Waals surface area contributed by atoms with Crippen molar-refractivity contribution in [3.8, 4) is 0 Å². The molecular formula is C17H25N3O3S. The maximum absolute atomic E-state index is 13.0. The van der Waals surface area contributed by atoms with Crippen LogP contribution in [0.15, 0.2) is 23.1 Å². The first kappa shape index (κ1) is 17.4. The highest BCUT2D eigenvalue weighted by atomic mass is 32.2. The molecule has 2 heterocycles. The molecule has 2 unspecified atom stereocenters. The molecule has 24 heavy (non-hydrogen) atoms. The molecule has 2 bridgehead atoms. The Morgan fingerprint density at radius 2 is 2.04 bits per heavy atom. The van der Waals surface area contributed by atoms with Crippen LogP contribution in [-0.2, 0) is 10.0 Å². The van der Waals surface area contributed by atoms with Crippen molar-refractivity contribution in [1.29, 1.82) is 0 Å². The summed E-state index contributed by atoms with van der Waals surface area (Å²) in [5, 5.41) is 3.56. The Hall–Kier alpha value is -1.44. The van der Waals surface area contributed by atoms with Crippen LogP contribution in [0.1, 0.15) is 42.1 Å². The number of nitrogens with one attached hydrogen (secondary N) is 2. The number of fused-ring (bicyclic) bond motifs is 2. The molecule has 132 valence electrons. The van der Waals surface area contributed by atoms with Crippen LogP contribution in [0.2, 0.25) is 0 Å². The van der Waals surface area contributed by atoms with Gasteiger partial charge in [-0.1, -0.05) is 13.0 Å². The molecule has 2 aliphatic heterocycles. The van der Waals surface area contributed by atoms with Crippen LogP contribution in [-0.4, -0.2) is 50.9 Å². The largest absolute Gasteiger partial charge is 0.337 e. The van der Waals surface area contributed by atoms with Crippen LogP contribution in [0.3, 0.4) is 0 Å². The van der Waals surface area contributed by atoms with Crippen molar-refractivity contribution in [3.63, 3.8) is 0 Å². The number of rotatable bonds is 4. The van der Waals surface area contributed by atoms with Gasteiger partial charge in [0.2, 0.25) is 10.0 Å². The van der Waals surface area contributed by atoms with Gasteiger partial charge in [0.1, 0.15) is 0 Å². The van der Waals surface area contributed by atoms with E-state index >= 15 is 0 Å². The number of carbonyl (C=O) groups excluding carboxylic acids is 1. The summed E-state index contributed by atoms with van der Waals surface area (Å²) in [6.07, 6.45) is 3.24. The van der Waals surface area contributed by atoms with Gasteiger partial charge < -0.3 is 10.2 Å². The van der Waals surface area contributed by atoms with Crippen molar-refractivity contribution in [2.45, 2.75) is 50.1 Å². The van der Waals surface area contributed by atoms with Crippen molar-refractivity contribution in [3.05, 3.63) is 29.3 Å². The highest BCUT2D eigenvalue weighted by molar-refractivity contribution is 7.89. The first-order valence-electron chi connectivity index (χ1n) is 8.56. The molecule has 7 heteroatoms. The smallest absolute Gasteiger partial charge is 0.254 e. The van der Waals surface area contributed by atoms with E-state index in [1.807, 2.05) is 11.8 Å². The zero-order chi connectivity index (χ0) is 17.3. The third-order valence-corrected chi connectivity index (χ3v) is 6.44. The molecule has 2 N–H and O–H groups in total. The second-order valence-corrected chi connectivity index (χ2v) is 8.42. The summed E-state index contributed by atoms with van der Waals surface area (Å²) in [5.74, 6) is -0.0737. The van der Waals surface area contributed by atoms with Gasteiger partial charge in [-0.15, -0.1) is 0 Å². The minimum Gasteiger partial charge on any atom is -0.337 e. The molecule has 1 amide bonds. The van der Waals surface area contributed by atoms with Crippen LogP contribution < -0.4 is 10.0 Å². The maximum atomic E-state index is 13.0. The zero-order valence-corrected chi connectivity index (χ0v) is 15.0. The molecule has 0 radical (unpaired) electrons. The summed E-state index contributed by atoms with van der Waals surface area (Å²) in [6, 6.07) is 5.63. The van der Waals surface area contributed by atoms with Crippen molar-refractivity contribution < 1.29 is 13.2 Å². The third kappa shape index (κ3) is 3.48. The molecule has 1 aromatic rings. The molecule has 2 fully saturated rings. The topological polar surface area (TPSA) is 78.5 Å². The normalized spacial score (nSPS) is 24.0. The van der Waals surface area contributed by atoms with Crippen molar-refractivity contribution in [2.75, 3.05) is 19.6 Å². The quantitative estimate of drug-likeness (QED) is 0.856. The fourth-order valence-electron chi connectivity index (χ4n) is 3.57. The predicted octanol–water partition coefficient (Wildman–Crippen LogP) is 1.26. The van der Waals surface area contributed by atoms with Gasteiger partial charge in [-0.05, 0) is 43.9 Å². The van der Waals surface area contributed by atoms with Gasteiger partial charge in [0.25, 0.3) is 5.91 Å².